The van der Waals surface area contributed by atoms with Gasteiger partial charge < -0.3 is 0 Å². The molecular formula is C20H15BFN3. The highest BCUT2D eigenvalue weighted by molar-refractivity contribution is 6.32. The third-order valence-corrected chi connectivity index (χ3v) is 5.16. The Kier molecular flexibility index (Phi) is 3.17. The minimum Gasteiger partial charge on any atom is -0.278 e. The van der Waals surface area contributed by atoms with Crippen LogP contribution in [0.4, 0.5) is 4.39 Å². The van der Waals surface area contributed by atoms with Crippen molar-refractivity contribution in [3.05, 3.63) is 53.5 Å². The lowest BCUT2D eigenvalue weighted by atomic mass is 9.85. The summed E-state index contributed by atoms with van der Waals surface area (Å²) in [7, 11) is 5.64. The van der Waals surface area contributed by atoms with Crippen molar-refractivity contribution in [2.24, 2.45) is 0 Å². The van der Waals surface area contributed by atoms with Gasteiger partial charge in [-0.2, -0.15) is 5.10 Å². The lowest BCUT2D eigenvalue weighted by Gasteiger charge is -2.22. The van der Waals surface area contributed by atoms with Crippen molar-refractivity contribution in [1.29, 1.82) is 0 Å². The van der Waals surface area contributed by atoms with Crippen LogP contribution in [-0.2, 0) is 12.8 Å². The average molecular weight is 327 g/mol. The molecule has 2 radical (unpaired) electrons. The first-order valence-electron chi connectivity index (χ1n) is 8.55. The monoisotopic (exact) mass is 327 g/mol. The van der Waals surface area contributed by atoms with Crippen LogP contribution in [0.5, 0.6) is 0 Å². The molecule has 5 heteroatoms. The van der Waals surface area contributed by atoms with Gasteiger partial charge in [-0.05, 0) is 55.0 Å². The number of nitrogens with zero attached hydrogens (tertiary/aromatic N) is 2. The van der Waals surface area contributed by atoms with E-state index in [1.165, 1.54) is 22.6 Å². The second-order valence-corrected chi connectivity index (χ2v) is 6.65. The lowest BCUT2D eigenvalue weighted by Crippen LogP contribution is -2.10. The molecule has 0 bridgehead atoms. The maximum Gasteiger partial charge on any atom is 0.117 e. The Morgan fingerprint density at radius 2 is 1.88 bits per heavy atom. The zero-order valence-corrected chi connectivity index (χ0v) is 13.6. The summed E-state index contributed by atoms with van der Waals surface area (Å²) in [5, 5.41) is 9.51. The van der Waals surface area contributed by atoms with Crippen LogP contribution < -0.4 is 5.46 Å². The second kappa shape index (κ2) is 5.41. The van der Waals surface area contributed by atoms with Crippen LogP contribution in [0.3, 0.4) is 0 Å². The van der Waals surface area contributed by atoms with Crippen molar-refractivity contribution in [1.82, 2.24) is 15.2 Å². The molecule has 0 atom stereocenters. The van der Waals surface area contributed by atoms with E-state index in [-0.39, 0.29) is 5.46 Å². The van der Waals surface area contributed by atoms with Crippen molar-refractivity contribution in [3.8, 4) is 11.3 Å². The van der Waals surface area contributed by atoms with Crippen LogP contribution in [0.25, 0.3) is 33.1 Å². The number of aromatic amines is 1. The van der Waals surface area contributed by atoms with Gasteiger partial charge in [-0.3, -0.25) is 5.10 Å². The standard InChI is InChI=1S/C20H15BFN3/c21-15-6-5-11(9-16(15)22)20-13-4-2-1-3-12(13)19-14-10-23-25-17(14)7-8-18(19)24-20/h5-10H,1-4H2,(H,23,25). The number of H-pyrrole nitrogens is 1. The van der Waals surface area contributed by atoms with Gasteiger partial charge in [-0.15, -0.1) is 0 Å². The van der Waals surface area contributed by atoms with Gasteiger partial charge >= 0.3 is 0 Å². The van der Waals surface area contributed by atoms with Crippen molar-refractivity contribution in [2.75, 3.05) is 0 Å². The molecule has 120 valence electrons. The molecule has 25 heavy (non-hydrogen) atoms. The maximum absolute atomic E-state index is 14.0. The molecule has 4 aromatic rings. The first-order chi connectivity index (χ1) is 12.2. The third kappa shape index (κ3) is 2.19. The van der Waals surface area contributed by atoms with Crippen molar-refractivity contribution >= 4 is 35.1 Å². The van der Waals surface area contributed by atoms with Crippen molar-refractivity contribution in [3.63, 3.8) is 0 Å². The quantitative estimate of drug-likeness (QED) is 0.543. The summed E-state index contributed by atoms with van der Waals surface area (Å²) in [6, 6.07) is 8.99. The molecule has 0 unspecified atom stereocenters. The number of hydrogen-bond acceptors (Lipinski definition) is 2. The fraction of sp³-hybridized carbons (Fsp3) is 0.200. The zero-order chi connectivity index (χ0) is 17.0. The van der Waals surface area contributed by atoms with Gasteiger partial charge in [-0.1, -0.05) is 17.6 Å². The van der Waals surface area contributed by atoms with E-state index in [4.69, 9.17) is 12.8 Å². The van der Waals surface area contributed by atoms with Crippen LogP contribution >= 0.6 is 0 Å². The summed E-state index contributed by atoms with van der Waals surface area (Å²) in [4.78, 5) is 4.91. The molecule has 2 aromatic carbocycles. The molecule has 5 rings (SSSR count). The summed E-state index contributed by atoms with van der Waals surface area (Å²) in [6.45, 7) is 0. The van der Waals surface area contributed by atoms with Gasteiger partial charge in [0.1, 0.15) is 13.7 Å². The molecule has 2 aromatic heterocycles. The molecule has 1 aliphatic rings. The molecule has 0 aliphatic heterocycles. The Hall–Kier alpha value is -2.69. The van der Waals surface area contributed by atoms with Gasteiger partial charge in [0.25, 0.3) is 0 Å². The molecule has 0 fully saturated rings. The molecule has 0 saturated carbocycles. The van der Waals surface area contributed by atoms with E-state index in [0.29, 0.717) is 0 Å². The van der Waals surface area contributed by atoms with Gasteiger partial charge in [0.2, 0.25) is 0 Å². The first-order valence-corrected chi connectivity index (χ1v) is 8.55. The highest BCUT2D eigenvalue weighted by atomic mass is 19.1. The smallest absolute Gasteiger partial charge is 0.117 e. The zero-order valence-electron chi connectivity index (χ0n) is 13.6. The fourth-order valence-electron chi connectivity index (χ4n) is 3.96. The number of halogens is 1. The second-order valence-electron chi connectivity index (χ2n) is 6.65. The molecule has 3 nitrogen and oxygen atoms in total. The van der Waals surface area contributed by atoms with Gasteiger partial charge in [0.15, 0.2) is 0 Å². The number of nitrogens with one attached hydrogen (secondary N) is 1. The van der Waals surface area contributed by atoms with Crippen LogP contribution in [0, 0.1) is 5.82 Å². The number of aryl methyl sites for hydroxylation is 1. The van der Waals surface area contributed by atoms with Crippen molar-refractivity contribution < 1.29 is 4.39 Å². The van der Waals surface area contributed by atoms with Crippen LogP contribution in [0.2, 0.25) is 0 Å². The number of fused-ring (bicyclic) bond motifs is 5. The van der Waals surface area contributed by atoms with E-state index in [2.05, 4.69) is 10.2 Å². The van der Waals surface area contributed by atoms with Gasteiger partial charge in [0, 0.05) is 16.3 Å². The summed E-state index contributed by atoms with van der Waals surface area (Å²) in [5.74, 6) is -0.394. The summed E-state index contributed by atoms with van der Waals surface area (Å²) < 4.78 is 14.0. The van der Waals surface area contributed by atoms with Crippen LogP contribution in [0.15, 0.2) is 36.5 Å². The number of hydrogen-bond donors (Lipinski definition) is 1. The predicted molar refractivity (Wildman–Crippen MR) is 98.8 cm³/mol. The van der Waals surface area contributed by atoms with Gasteiger partial charge in [-0.25, -0.2) is 9.37 Å². The summed E-state index contributed by atoms with van der Waals surface area (Å²) >= 11 is 0. The van der Waals surface area contributed by atoms with Gasteiger partial charge in [0.05, 0.1) is 22.9 Å². The van der Waals surface area contributed by atoms with E-state index in [9.17, 15) is 4.39 Å². The minimum absolute atomic E-state index is 0.165. The van der Waals surface area contributed by atoms with Crippen LogP contribution in [-0.4, -0.2) is 23.0 Å². The largest absolute Gasteiger partial charge is 0.278 e. The summed E-state index contributed by atoms with van der Waals surface area (Å²) in [6.07, 6.45) is 6.15. The first kappa shape index (κ1) is 14.6. The summed E-state index contributed by atoms with van der Waals surface area (Å²) in [5.41, 5.74) is 6.35. The Labute approximate surface area is 145 Å². The van der Waals surface area contributed by atoms with Crippen LogP contribution in [0.1, 0.15) is 24.0 Å². The number of rotatable bonds is 1. The molecule has 1 aliphatic carbocycles. The number of benzene rings is 2. The van der Waals surface area contributed by atoms with E-state index < -0.39 is 5.82 Å². The average Bonchev–Trinajstić information content (AvgIpc) is 3.12. The maximum atomic E-state index is 14.0. The Bertz CT molecular complexity index is 1130. The van der Waals surface area contributed by atoms with E-state index in [1.54, 1.807) is 6.07 Å². The predicted octanol–water partition coefficient (Wildman–Crippen LogP) is 3.59. The van der Waals surface area contributed by atoms with Crippen molar-refractivity contribution in [2.45, 2.75) is 25.7 Å². The molecule has 0 spiro atoms. The molecule has 2 heterocycles. The number of pyridine rings is 1. The van der Waals surface area contributed by atoms with E-state index in [0.717, 1.165) is 53.4 Å². The normalized spacial score (nSPS) is 14.1. The SMILES string of the molecule is [B]c1ccc(-c2nc3ccc4[nH]ncc4c3c3c2CCCC3)cc1F. The Balaban J connectivity index is 1.88. The number of aromatic nitrogens is 3. The topological polar surface area (TPSA) is 41.6 Å². The Morgan fingerprint density at radius 3 is 2.72 bits per heavy atom. The molecule has 1 N–H and O–H groups in total. The molecule has 0 saturated heterocycles. The van der Waals surface area contributed by atoms with E-state index >= 15 is 0 Å². The third-order valence-electron chi connectivity index (χ3n) is 5.16. The highest BCUT2D eigenvalue weighted by Crippen LogP contribution is 2.37. The molecule has 0 amide bonds. The van der Waals surface area contributed by atoms with E-state index in [1.807, 2.05) is 24.4 Å². The highest BCUT2D eigenvalue weighted by Gasteiger charge is 2.21. The fourth-order valence-corrected chi connectivity index (χ4v) is 3.96. The lowest BCUT2D eigenvalue weighted by molar-refractivity contribution is 0.636. The molecular weight excluding hydrogens is 312 g/mol. The minimum atomic E-state index is -0.394. The Morgan fingerprint density at radius 1 is 1.04 bits per heavy atom.